The second-order valence-electron chi connectivity index (χ2n) is 5.77. The van der Waals surface area contributed by atoms with Gasteiger partial charge in [0.1, 0.15) is 12.1 Å². The zero-order valence-corrected chi connectivity index (χ0v) is 12.1. The van der Waals surface area contributed by atoms with Crippen LogP contribution in [0.3, 0.4) is 0 Å². The summed E-state index contributed by atoms with van der Waals surface area (Å²) in [5, 5.41) is 0. The highest BCUT2D eigenvalue weighted by molar-refractivity contribution is 5.39. The van der Waals surface area contributed by atoms with E-state index in [9.17, 15) is 0 Å². The van der Waals surface area contributed by atoms with Gasteiger partial charge in [0.05, 0.1) is 19.3 Å². The van der Waals surface area contributed by atoms with Gasteiger partial charge in [-0.1, -0.05) is 0 Å². The predicted octanol–water partition coefficient (Wildman–Crippen LogP) is 1.81. The molecule has 1 unspecified atom stereocenters. The van der Waals surface area contributed by atoms with E-state index >= 15 is 0 Å². The Kier molecular flexibility index (Phi) is 4.47. The van der Waals surface area contributed by atoms with Crippen LogP contribution in [0, 0.1) is 12.8 Å². The number of hydrogen-bond donors (Lipinski definition) is 0. The fraction of sp³-hybridized carbons (Fsp3) is 0.733. The molecule has 0 amide bonds. The van der Waals surface area contributed by atoms with Crippen LogP contribution in [-0.2, 0) is 9.47 Å². The Balaban J connectivity index is 1.44. The van der Waals surface area contributed by atoms with E-state index in [2.05, 4.69) is 20.9 Å². The Morgan fingerprint density at radius 1 is 1.30 bits per heavy atom. The first-order chi connectivity index (χ1) is 9.81. The number of ether oxygens (including phenoxy) is 2. The number of rotatable bonds is 4. The van der Waals surface area contributed by atoms with Gasteiger partial charge in [0.2, 0.25) is 0 Å². The van der Waals surface area contributed by atoms with E-state index in [1.54, 1.807) is 6.33 Å². The molecule has 2 aliphatic heterocycles. The summed E-state index contributed by atoms with van der Waals surface area (Å²) in [6.07, 6.45) is 5.36. The molecule has 1 aromatic heterocycles. The molecule has 0 spiro atoms. The fourth-order valence-corrected chi connectivity index (χ4v) is 2.85. The molecule has 0 N–H and O–H groups in total. The maximum absolute atomic E-state index is 6.04. The van der Waals surface area contributed by atoms with Gasteiger partial charge in [0.25, 0.3) is 0 Å². The molecule has 0 aromatic carbocycles. The molecule has 0 saturated carbocycles. The van der Waals surface area contributed by atoms with Gasteiger partial charge in [0, 0.05) is 37.4 Å². The van der Waals surface area contributed by atoms with Gasteiger partial charge < -0.3 is 14.4 Å². The minimum Gasteiger partial charge on any atom is -0.381 e. The highest BCUT2D eigenvalue weighted by atomic mass is 16.5. The van der Waals surface area contributed by atoms with Crippen molar-refractivity contribution < 1.29 is 9.47 Å². The van der Waals surface area contributed by atoms with Gasteiger partial charge >= 0.3 is 0 Å². The van der Waals surface area contributed by atoms with E-state index in [4.69, 9.17) is 9.47 Å². The molecule has 2 fully saturated rings. The first kappa shape index (κ1) is 13.8. The van der Waals surface area contributed by atoms with Crippen molar-refractivity contribution in [3.8, 4) is 0 Å². The van der Waals surface area contributed by atoms with Crippen molar-refractivity contribution in [2.45, 2.75) is 32.3 Å². The van der Waals surface area contributed by atoms with Crippen molar-refractivity contribution in [3.63, 3.8) is 0 Å². The molecule has 2 aliphatic rings. The summed E-state index contributed by atoms with van der Waals surface area (Å²) < 4.78 is 11.4. The summed E-state index contributed by atoms with van der Waals surface area (Å²) in [6.45, 7) is 6.67. The lowest BCUT2D eigenvalue weighted by atomic mass is 10.1. The minimum atomic E-state index is 0.398. The third kappa shape index (κ3) is 3.46. The summed E-state index contributed by atoms with van der Waals surface area (Å²) in [7, 11) is 0. The summed E-state index contributed by atoms with van der Waals surface area (Å²) in [6, 6.07) is 2.05. The topological polar surface area (TPSA) is 47.5 Å². The van der Waals surface area contributed by atoms with Crippen LogP contribution in [0.5, 0.6) is 0 Å². The highest BCUT2D eigenvalue weighted by Gasteiger charge is 2.23. The van der Waals surface area contributed by atoms with Crippen LogP contribution in [0.15, 0.2) is 12.4 Å². The molecule has 0 aliphatic carbocycles. The number of piperidine rings is 1. The Morgan fingerprint density at radius 3 is 2.85 bits per heavy atom. The number of anilines is 1. The number of hydrogen-bond acceptors (Lipinski definition) is 5. The summed E-state index contributed by atoms with van der Waals surface area (Å²) in [4.78, 5) is 10.8. The molecule has 3 rings (SSSR count). The second-order valence-corrected chi connectivity index (χ2v) is 5.77. The monoisotopic (exact) mass is 277 g/mol. The number of aryl methyl sites for hydroxylation is 1. The van der Waals surface area contributed by atoms with E-state index < -0.39 is 0 Å². The Bertz CT molecular complexity index is 427. The molecule has 1 aromatic rings. The van der Waals surface area contributed by atoms with Gasteiger partial charge in [-0.2, -0.15) is 0 Å². The van der Waals surface area contributed by atoms with E-state index in [0.29, 0.717) is 12.0 Å². The van der Waals surface area contributed by atoms with Crippen molar-refractivity contribution in [2.75, 3.05) is 37.8 Å². The lowest BCUT2D eigenvalue weighted by Gasteiger charge is -2.33. The molecule has 0 radical (unpaired) electrons. The molecule has 20 heavy (non-hydrogen) atoms. The average Bonchev–Trinajstić information content (AvgIpc) is 2.99. The standard InChI is InChI=1S/C15H23N3O2/c1-12-8-15(17-11-16-12)18-5-2-14(3-6-18)20-10-13-4-7-19-9-13/h8,11,13-14H,2-7,9-10H2,1H3. The third-order valence-electron chi connectivity index (χ3n) is 4.15. The molecule has 5 heteroatoms. The van der Waals surface area contributed by atoms with Crippen molar-refractivity contribution in [2.24, 2.45) is 5.92 Å². The van der Waals surface area contributed by atoms with Crippen LogP contribution >= 0.6 is 0 Å². The molecule has 110 valence electrons. The Hall–Kier alpha value is -1.20. The quantitative estimate of drug-likeness (QED) is 0.840. The smallest absolute Gasteiger partial charge is 0.132 e. The molecule has 0 bridgehead atoms. The van der Waals surface area contributed by atoms with E-state index in [0.717, 1.165) is 63.7 Å². The summed E-state index contributed by atoms with van der Waals surface area (Å²) >= 11 is 0. The highest BCUT2D eigenvalue weighted by Crippen LogP contribution is 2.21. The summed E-state index contributed by atoms with van der Waals surface area (Å²) in [5.74, 6) is 1.65. The molecule has 1 atom stereocenters. The predicted molar refractivity (Wildman–Crippen MR) is 76.9 cm³/mol. The van der Waals surface area contributed by atoms with Crippen molar-refractivity contribution in [1.29, 1.82) is 0 Å². The normalized spacial score (nSPS) is 24.2. The van der Waals surface area contributed by atoms with Crippen LogP contribution in [-0.4, -0.2) is 49.0 Å². The molecule has 5 nitrogen and oxygen atoms in total. The van der Waals surface area contributed by atoms with Gasteiger partial charge in [-0.05, 0) is 26.2 Å². The van der Waals surface area contributed by atoms with E-state index in [-0.39, 0.29) is 0 Å². The molecule has 3 heterocycles. The first-order valence-electron chi connectivity index (χ1n) is 7.54. The van der Waals surface area contributed by atoms with Crippen LogP contribution in [0.4, 0.5) is 5.82 Å². The Labute approximate surface area is 120 Å². The van der Waals surface area contributed by atoms with Crippen molar-refractivity contribution in [1.82, 2.24) is 9.97 Å². The average molecular weight is 277 g/mol. The number of nitrogens with zero attached hydrogens (tertiary/aromatic N) is 3. The van der Waals surface area contributed by atoms with Crippen LogP contribution in [0.25, 0.3) is 0 Å². The zero-order valence-electron chi connectivity index (χ0n) is 12.1. The maximum atomic E-state index is 6.04. The van der Waals surface area contributed by atoms with Crippen LogP contribution in [0.1, 0.15) is 25.0 Å². The SMILES string of the molecule is Cc1cc(N2CCC(OCC3CCOC3)CC2)ncn1. The van der Waals surface area contributed by atoms with Crippen molar-refractivity contribution >= 4 is 5.82 Å². The Morgan fingerprint density at radius 2 is 2.15 bits per heavy atom. The van der Waals surface area contributed by atoms with Crippen LogP contribution < -0.4 is 4.90 Å². The number of aromatic nitrogens is 2. The first-order valence-corrected chi connectivity index (χ1v) is 7.54. The lowest BCUT2D eigenvalue weighted by Crippen LogP contribution is -2.38. The molecular formula is C15H23N3O2. The van der Waals surface area contributed by atoms with Gasteiger partial charge in [-0.15, -0.1) is 0 Å². The van der Waals surface area contributed by atoms with Crippen molar-refractivity contribution in [3.05, 3.63) is 18.1 Å². The maximum Gasteiger partial charge on any atom is 0.132 e. The summed E-state index contributed by atoms with van der Waals surface area (Å²) in [5.41, 5.74) is 1.02. The van der Waals surface area contributed by atoms with Gasteiger partial charge in [0.15, 0.2) is 0 Å². The molecular weight excluding hydrogens is 254 g/mol. The van der Waals surface area contributed by atoms with E-state index in [1.165, 1.54) is 0 Å². The molecule has 2 saturated heterocycles. The zero-order chi connectivity index (χ0) is 13.8. The minimum absolute atomic E-state index is 0.398. The fourth-order valence-electron chi connectivity index (χ4n) is 2.85. The largest absolute Gasteiger partial charge is 0.381 e. The van der Waals surface area contributed by atoms with Crippen LogP contribution in [0.2, 0.25) is 0 Å². The lowest BCUT2D eigenvalue weighted by molar-refractivity contribution is 0.0131. The third-order valence-corrected chi connectivity index (χ3v) is 4.15. The van der Waals surface area contributed by atoms with E-state index in [1.807, 2.05) is 6.92 Å². The second kappa shape index (κ2) is 6.50. The van der Waals surface area contributed by atoms with Gasteiger partial charge in [-0.25, -0.2) is 9.97 Å². The van der Waals surface area contributed by atoms with Gasteiger partial charge in [-0.3, -0.25) is 0 Å².